The van der Waals surface area contributed by atoms with Crippen LogP contribution in [0.25, 0.3) is 0 Å². The van der Waals surface area contributed by atoms with Gasteiger partial charge in [-0.25, -0.2) is 4.39 Å². The van der Waals surface area contributed by atoms with E-state index in [-0.39, 0.29) is 11.6 Å². The Kier molecular flexibility index (Phi) is 4.58. The zero-order chi connectivity index (χ0) is 15.4. The summed E-state index contributed by atoms with van der Waals surface area (Å²) in [6.45, 7) is 3.60. The molecule has 0 saturated heterocycles. The van der Waals surface area contributed by atoms with Crippen LogP contribution in [0.5, 0.6) is 11.5 Å². The molecule has 0 radical (unpaired) electrons. The monoisotopic (exact) mass is 288 g/mol. The summed E-state index contributed by atoms with van der Waals surface area (Å²) in [6, 6.07) is 10.9. The summed E-state index contributed by atoms with van der Waals surface area (Å²) >= 11 is 0. The van der Waals surface area contributed by atoms with Gasteiger partial charge in [-0.2, -0.15) is 0 Å². The van der Waals surface area contributed by atoms with Gasteiger partial charge in [-0.05, 0) is 55.8 Å². The highest BCUT2D eigenvalue weighted by atomic mass is 19.1. The molecule has 0 aliphatic carbocycles. The molecule has 110 valence electrons. The van der Waals surface area contributed by atoms with Crippen LogP contribution >= 0.6 is 0 Å². The van der Waals surface area contributed by atoms with E-state index in [1.54, 1.807) is 20.1 Å². The topological polar surface area (TPSA) is 35.5 Å². The Hall–Kier alpha value is -2.36. The fourth-order valence-corrected chi connectivity index (χ4v) is 1.97. The molecule has 0 aromatic heterocycles. The molecule has 2 rings (SSSR count). The maximum absolute atomic E-state index is 12.9. The van der Waals surface area contributed by atoms with Crippen molar-refractivity contribution in [2.24, 2.45) is 0 Å². The third-order valence-corrected chi connectivity index (χ3v) is 3.12. The van der Waals surface area contributed by atoms with E-state index in [1.165, 1.54) is 24.3 Å². The number of ether oxygens (including phenoxy) is 2. The van der Waals surface area contributed by atoms with E-state index < -0.39 is 6.10 Å². The minimum atomic E-state index is -0.688. The predicted molar refractivity (Wildman–Crippen MR) is 78.6 cm³/mol. The first-order valence-electron chi connectivity index (χ1n) is 6.62. The van der Waals surface area contributed by atoms with Gasteiger partial charge in [-0.1, -0.05) is 6.07 Å². The molecule has 0 saturated carbocycles. The maximum Gasteiger partial charge on any atom is 0.202 e. The first kappa shape index (κ1) is 15.0. The number of hydrogen-bond acceptors (Lipinski definition) is 3. The van der Waals surface area contributed by atoms with Crippen molar-refractivity contribution in [1.29, 1.82) is 0 Å². The molecule has 0 aliphatic heterocycles. The number of aryl methyl sites for hydroxylation is 1. The molecule has 0 heterocycles. The van der Waals surface area contributed by atoms with Crippen molar-refractivity contribution in [2.45, 2.75) is 20.0 Å². The standard InChI is InChI=1S/C17H17FO3/c1-11-4-9-15(16(10-11)20-3)21-12(2)17(19)13-5-7-14(18)8-6-13/h4-10,12H,1-3H3. The fourth-order valence-electron chi connectivity index (χ4n) is 1.97. The van der Waals surface area contributed by atoms with Crippen LogP contribution in [0.2, 0.25) is 0 Å². The third-order valence-electron chi connectivity index (χ3n) is 3.12. The molecule has 0 bridgehead atoms. The smallest absolute Gasteiger partial charge is 0.202 e. The van der Waals surface area contributed by atoms with E-state index in [9.17, 15) is 9.18 Å². The van der Waals surface area contributed by atoms with E-state index in [0.717, 1.165) is 5.56 Å². The highest BCUT2D eigenvalue weighted by Crippen LogP contribution is 2.29. The average Bonchev–Trinajstić information content (AvgIpc) is 2.49. The van der Waals surface area contributed by atoms with Gasteiger partial charge >= 0.3 is 0 Å². The van der Waals surface area contributed by atoms with Crippen LogP contribution in [0, 0.1) is 12.7 Å². The summed E-state index contributed by atoms with van der Waals surface area (Å²) in [4.78, 5) is 12.2. The Labute approximate surface area is 123 Å². The van der Waals surface area contributed by atoms with Gasteiger partial charge in [0.15, 0.2) is 17.6 Å². The Morgan fingerprint density at radius 2 is 1.76 bits per heavy atom. The van der Waals surface area contributed by atoms with Crippen LogP contribution in [-0.2, 0) is 0 Å². The van der Waals surface area contributed by atoms with Crippen molar-refractivity contribution in [3.8, 4) is 11.5 Å². The number of Topliss-reactive ketones (excluding diaryl/α,β-unsaturated/α-hetero) is 1. The Bertz CT molecular complexity index is 635. The van der Waals surface area contributed by atoms with Gasteiger partial charge in [0.05, 0.1) is 7.11 Å². The first-order valence-corrected chi connectivity index (χ1v) is 6.62. The second-order valence-corrected chi connectivity index (χ2v) is 4.79. The van der Waals surface area contributed by atoms with E-state index >= 15 is 0 Å². The summed E-state index contributed by atoms with van der Waals surface area (Å²) in [5.41, 5.74) is 1.45. The molecule has 0 fully saturated rings. The zero-order valence-corrected chi connectivity index (χ0v) is 12.2. The summed E-state index contributed by atoms with van der Waals surface area (Å²) < 4.78 is 23.8. The van der Waals surface area contributed by atoms with Gasteiger partial charge in [-0.3, -0.25) is 4.79 Å². The number of rotatable bonds is 5. The Morgan fingerprint density at radius 3 is 2.38 bits per heavy atom. The number of carbonyl (C=O) groups is 1. The first-order chi connectivity index (χ1) is 10.0. The lowest BCUT2D eigenvalue weighted by atomic mass is 10.1. The summed E-state index contributed by atoms with van der Waals surface area (Å²) in [5.74, 6) is 0.498. The molecule has 2 aromatic rings. The average molecular weight is 288 g/mol. The van der Waals surface area contributed by atoms with Crippen molar-refractivity contribution >= 4 is 5.78 Å². The highest BCUT2D eigenvalue weighted by Gasteiger charge is 2.18. The van der Waals surface area contributed by atoms with Gasteiger partial charge in [0, 0.05) is 5.56 Å². The van der Waals surface area contributed by atoms with Crippen LogP contribution in [-0.4, -0.2) is 19.0 Å². The number of methoxy groups -OCH3 is 1. The van der Waals surface area contributed by atoms with Crippen LogP contribution in [0.3, 0.4) is 0 Å². The molecule has 0 aliphatic rings. The normalized spacial score (nSPS) is 11.8. The number of hydrogen-bond donors (Lipinski definition) is 0. The van der Waals surface area contributed by atoms with Crippen molar-refractivity contribution in [3.63, 3.8) is 0 Å². The summed E-state index contributed by atoms with van der Waals surface area (Å²) in [6.07, 6.45) is -0.688. The molecule has 0 N–H and O–H groups in total. The van der Waals surface area contributed by atoms with Crippen LogP contribution < -0.4 is 9.47 Å². The Morgan fingerprint density at radius 1 is 1.10 bits per heavy atom. The van der Waals surface area contributed by atoms with Gasteiger partial charge in [-0.15, -0.1) is 0 Å². The second kappa shape index (κ2) is 6.39. The lowest BCUT2D eigenvalue weighted by Crippen LogP contribution is -2.24. The van der Waals surface area contributed by atoms with E-state index in [0.29, 0.717) is 17.1 Å². The quantitative estimate of drug-likeness (QED) is 0.785. The van der Waals surface area contributed by atoms with Crippen molar-refractivity contribution < 1.29 is 18.7 Å². The lowest BCUT2D eigenvalue weighted by molar-refractivity contribution is 0.0814. The number of benzene rings is 2. The van der Waals surface area contributed by atoms with Crippen LogP contribution in [0.4, 0.5) is 4.39 Å². The van der Waals surface area contributed by atoms with Gasteiger partial charge in [0.25, 0.3) is 0 Å². The fraction of sp³-hybridized carbons (Fsp3) is 0.235. The van der Waals surface area contributed by atoms with Crippen LogP contribution in [0.1, 0.15) is 22.8 Å². The molecule has 4 heteroatoms. The minimum absolute atomic E-state index is 0.211. The molecule has 3 nitrogen and oxygen atoms in total. The molecule has 0 amide bonds. The molecule has 1 unspecified atom stereocenters. The number of carbonyl (C=O) groups excluding carboxylic acids is 1. The highest BCUT2D eigenvalue weighted by molar-refractivity contribution is 5.99. The summed E-state index contributed by atoms with van der Waals surface area (Å²) in [7, 11) is 1.55. The zero-order valence-electron chi connectivity index (χ0n) is 12.2. The third kappa shape index (κ3) is 3.60. The molecular weight excluding hydrogens is 271 g/mol. The van der Waals surface area contributed by atoms with Crippen LogP contribution in [0.15, 0.2) is 42.5 Å². The molecule has 21 heavy (non-hydrogen) atoms. The van der Waals surface area contributed by atoms with E-state index in [4.69, 9.17) is 9.47 Å². The van der Waals surface area contributed by atoms with Gasteiger partial charge < -0.3 is 9.47 Å². The summed E-state index contributed by atoms with van der Waals surface area (Å²) in [5, 5.41) is 0. The molecular formula is C17H17FO3. The van der Waals surface area contributed by atoms with Crippen molar-refractivity contribution in [1.82, 2.24) is 0 Å². The number of halogens is 1. The molecule has 2 aromatic carbocycles. The maximum atomic E-state index is 12.9. The van der Waals surface area contributed by atoms with Crippen molar-refractivity contribution in [2.75, 3.05) is 7.11 Å². The van der Waals surface area contributed by atoms with Crippen molar-refractivity contribution in [3.05, 3.63) is 59.4 Å². The molecule has 0 spiro atoms. The predicted octanol–water partition coefficient (Wildman–Crippen LogP) is 3.79. The van der Waals surface area contributed by atoms with E-state index in [2.05, 4.69) is 0 Å². The minimum Gasteiger partial charge on any atom is -0.493 e. The molecule has 1 atom stereocenters. The Balaban J connectivity index is 2.16. The number of ketones is 1. The lowest BCUT2D eigenvalue weighted by Gasteiger charge is -2.16. The van der Waals surface area contributed by atoms with E-state index in [1.807, 2.05) is 19.1 Å². The second-order valence-electron chi connectivity index (χ2n) is 4.79. The van der Waals surface area contributed by atoms with Gasteiger partial charge in [0.2, 0.25) is 5.78 Å². The van der Waals surface area contributed by atoms with Gasteiger partial charge in [0.1, 0.15) is 5.82 Å². The largest absolute Gasteiger partial charge is 0.493 e. The SMILES string of the molecule is COc1cc(C)ccc1OC(C)C(=O)c1ccc(F)cc1.